The molecule has 0 spiro atoms. The van der Waals surface area contributed by atoms with Crippen LogP contribution in [0.15, 0.2) is 0 Å². The van der Waals surface area contributed by atoms with Crippen LogP contribution in [0, 0.1) is 0 Å². The van der Waals surface area contributed by atoms with Crippen LogP contribution in [-0.2, 0) is 0 Å². The van der Waals surface area contributed by atoms with Crippen LogP contribution in [0.25, 0.3) is 0 Å². The molecule has 0 heterocycles. The highest BCUT2D eigenvalue weighted by atomic mass is 32.2. The van der Waals surface area contributed by atoms with Crippen LogP contribution in [0.3, 0.4) is 0 Å². The van der Waals surface area contributed by atoms with Crippen molar-refractivity contribution in [1.29, 1.82) is 0 Å². The molecule has 0 aliphatic carbocycles. The van der Waals surface area contributed by atoms with E-state index in [1.807, 2.05) is 11.8 Å². The largest absolute Gasteiger partial charge is 0.329 e. The summed E-state index contributed by atoms with van der Waals surface area (Å²) >= 11 is 1.90. The maximum Gasteiger partial charge on any atom is 0.0223 e. The van der Waals surface area contributed by atoms with Crippen LogP contribution in [0.5, 0.6) is 0 Å². The van der Waals surface area contributed by atoms with Gasteiger partial charge in [-0.15, -0.1) is 0 Å². The Morgan fingerprint density at radius 3 is 2.33 bits per heavy atom. The Morgan fingerprint density at radius 1 is 1.20 bits per heavy atom. The Labute approximate surface area is 99.4 Å². The van der Waals surface area contributed by atoms with Crippen molar-refractivity contribution < 1.29 is 0 Å². The Kier molecular flexibility index (Phi) is 9.60. The first kappa shape index (κ1) is 15.2. The predicted octanol–water partition coefficient (Wildman–Crippen LogP) is 0.950. The van der Waals surface area contributed by atoms with E-state index in [4.69, 9.17) is 5.73 Å². The number of rotatable bonds is 9. The highest BCUT2D eigenvalue weighted by Crippen LogP contribution is 2.06. The lowest BCUT2D eigenvalue weighted by atomic mass is 10.2. The summed E-state index contributed by atoms with van der Waals surface area (Å²) in [5, 5.41) is 0. The van der Waals surface area contributed by atoms with E-state index in [0.717, 1.165) is 19.6 Å². The fourth-order valence-electron chi connectivity index (χ4n) is 1.59. The van der Waals surface area contributed by atoms with Crippen LogP contribution < -0.4 is 5.73 Å². The van der Waals surface area contributed by atoms with Crippen molar-refractivity contribution in [3.63, 3.8) is 0 Å². The van der Waals surface area contributed by atoms with Crippen LogP contribution in [-0.4, -0.2) is 68.6 Å². The van der Waals surface area contributed by atoms with Gasteiger partial charge < -0.3 is 15.5 Å². The zero-order valence-electron chi connectivity index (χ0n) is 10.7. The molecule has 92 valence electrons. The molecule has 0 aromatic carbocycles. The van der Waals surface area contributed by atoms with E-state index in [2.05, 4.69) is 37.2 Å². The van der Waals surface area contributed by atoms with Gasteiger partial charge in [-0.1, -0.05) is 0 Å². The van der Waals surface area contributed by atoms with E-state index in [9.17, 15) is 0 Å². The number of hydrogen-bond donors (Lipinski definition) is 1. The van der Waals surface area contributed by atoms with E-state index >= 15 is 0 Å². The van der Waals surface area contributed by atoms with Crippen molar-refractivity contribution in [2.45, 2.75) is 18.9 Å². The summed E-state index contributed by atoms with van der Waals surface area (Å²) in [7, 11) is 6.43. The summed E-state index contributed by atoms with van der Waals surface area (Å²) in [6.45, 7) is 3.08. The summed E-state index contributed by atoms with van der Waals surface area (Å²) in [6, 6.07) is 0.555. The number of nitrogens with two attached hydrogens (primary N) is 1. The Morgan fingerprint density at radius 2 is 1.87 bits per heavy atom. The molecule has 0 aliphatic rings. The number of nitrogens with zero attached hydrogens (tertiary/aromatic N) is 2. The molecular formula is C11H27N3S. The third kappa shape index (κ3) is 8.08. The fraction of sp³-hybridized carbons (Fsp3) is 1.00. The summed E-state index contributed by atoms with van der Waals surface area (Å²) in [5.74, 6) is 1.21. The van der Waals surface area contributed by atoms with Gasteiger partial charge in [0.15, 0.2) is 0 Å². The molecule has 0 saturated carbocycles. The minimum atomic E-state index is 0.555. The van der Waals surface area contributed by atoms with Crippen LogP contribution in [0.2, 0.25) is 0 Å². The quantitative estimate of drug-likeness (QED) is 0.643. The van der Waals surface area contributed by atoms with Crippen molar-refractivity contribution in [2.75, 3.05) is 52.8 Å². The van der Waals surface area contributed by atoms with Crippen molar-refractivity contribution in [1.82, 2.24) is 9.80 Å². The van der Waals surface area contributed by atoms with Crippen LogP contribution >= 0.6 is 11.8 Å². The third-order valence-corrected chi connectivity index (χ3v) is 3.31. The second-order valence-electron chi connectivity index (χ2n) is 4.31. The molecule has 4 heteroatoms. The number of likely N-dealkylation sites (N-methyl/N-ethyl adjacent to an activating group) is 1. The zero-order valence-corrected chi connectivity index (χ0v) is 11.5. The lowest BCUT2D eigenvalue weighted by Gasteiger charge is -2.27. The number of hydrogen-bond acceptors (Lipinski definition) is 4. The first-order valence-corrected chi connectivity index (χ1v) is 7.05. The Balaban J connectivity index is 3.67. The Hall–Kier alpha value is 0.230. The van der Waals surface area contributed by atoms with Crippen LogP contribution in [0.4, 0.5) is 0 Å². The summed E-state index contributed by atoms with van der Waals surface area (Å²) in [4.78, 5) is 4.63. The average molecular weight is 233 g/mol. The molecule has 1 atom stereocenters. The standard InChI is InChI=1S/C11H27N3S/c1-13(2)7-5-8-14(3)11(10-12)6-9-15-4/h11H,5-10,12H2,1-4H3. The molecule has 0 fully saturated rings. The molecule has 0 amide bonds. The predicted molar refractivity (Wildman–Crippen MR) is 71.6 cm³/mol. The molecule has 0 rings (SSSR count). The van der Waals surface area contributed by atoms with E-state index in [1.165, 1.54) is 18.6 Å². The van der Waals surface area contributed by atoms with Gasteiger partial charge in [0.2, 0.25) is 0 Å². The lowest BCUT2D eigenvalue weighted by Crippen LogP contribution is -2.39. The van der Waals surface area contributed by atoms with Gasteiger partial charge in [-0.05, 0) is 59.1 Å². The molecule has 0 aromatic heterocycles. The first-order chi connectivity index (χ1) is 7.11. The van der Waals surface area contributed by atoms with E-state index in [-0.39, 0.29) is 0 Å². The maximum absolute atomic E-state index is 5.78. The van der Waals surface area contributed by atoms with Gasteiger partial charge in [0.1, 0.15) is 0 Å². The van der Waals surface area contributed by atoms with Gasteiger partial charge in [-0.3, -0.25) is 0 Å². The normalized spacial score (nSPS) is 13.8. The minimum absolute atomic E-state index is 0.555. The molecule has 0 radical (unpaired) electrons. The zero-order chi connectivity index (χ0) is 11.7. The Bertz CT molecular complexity index is 142. The molecule has 1 unspecified atom stereocenters. The number of thioether (sulfide) groups is 1. The van der Waals surface area contributed by atoms with E-state index < -0.39 is 0 Å². The molecule has 15 heavy (non-hydrogen) atoms. The second-order valence-corrected chi connectivity index (χ2v) is 5.29. The maximum atomic E-state index is 5.78. The minimum Gasteiger partial charge on any atom is -0.329 e. The summed E-state index contributed by atoms with van der Waals surface area (Å²) in [5.41, 5.74) is 5.78. The first-order valence-electron chi connectivity index (χ1n) is 5.65. The van der Waals surface area contributed by atoms with Crippen molar-refractivity contribution in [3.05, 3.63) is 0 Å². The average Bonchev–Trinajstić information content (AvgIpc) is 2.18. The molecule has 0 aromatic rings. The summed E-state index contributed by atoms with van der Waals surface area (Å²) in [6.07, 6.45) is 4.58. The molecule has 0 aliphatic heterocycles. The van der Waals surface area contributed by atoms with E-state index in [1.54, 1.807) is 0 Å². The van der Waals surface area contributed by atoms with Crippen molar-refractivity contribution in [3.8, 4) is 0 Å². The van der Waals surface area contributed by atoms with Gasteiger partial charge in [0.05, 0.1) is 0 Å². The van der Waals surface area contributed by atoms with Gasteiger partial charge in [0.25, 0.3) is 0 Å². The highest BCUT2D eigenvalue weighted by Gasteiger charge is 2.11. The molecule has 3 nitrogen and oxygen atoms in total. The molecular weight excluding hydrogens is 206 g/mol. The molecule has 0 saturated heterocycles. The third-order valence-electron chi connectivity index (χ3n) is 2.67. The highest BCUT2D eigenvalue weighted by molar-refractivity contribution is 7.98. The molecule has 2 N–H and O–H groups in total. The van der Waals surface area contributed by atoms with Crippen molar-refractivity contribution in [2.24, 2.45) is 5.73 Å². The monoisotopic (exact) mass is 233 g/mol. The van der Waals surface area contributed by atoms with Gasteiger partial charge in [0, 0.05) is 12.6 Å². The smallest absolute Gasteiger partial charge is 0.0223 e. The topological polar surface area (TPSA) is 32.5 Å². The fourth-order valence-corrected chi connectivity index (χ4v) is 2.10. The van der Waals surface area contributed by atoms with Crippen LogP contribution in [0.1, 0.15) is 12.8 Å². The van der Waals surface area contributed by atoms with E-state index in [0.29, 0.717) is 6.04 Å². The van der Waals surface area contributed by atoms with Gasteiger partial charge >= 0.3 is 0 Å². The lowest BCUT2D eigenvalue weighted by molar-refractivity contribution is 0.229. The second kappa shape index (κ2) is 9.46. The SMILES string of the molecule is CSCCC(CN)N(C)CCCN(C)C. The summed E-state index contributed by atoms with van der Waals surface area (Å²) < 4.78 is 0. The van der Waals surface area contributed by atoms with Crippen molar-refractivity contribution >= 4 is 11.8 Å². The molecule has 0 bridgehead atoms. The van der Waals surface area contributed by atoms with Gasteiger partial charge in [-0.25, -0.2) is 0 Å². The van der Waals surface area contributed by atoms with Gasteiger partial charge in [-0.2, -0.15) is 11.8 Å².